The number of nitrogens with one attached hydrogen (secondary N) is 1. The highest BCUT2D eigenvalue weighted by Gasteiger charge is 2.29. The molecule has 3 N–H and O–H groups in total. The maximum absolute atomic E-state index is 13.3. The maximum atomic E-state index is 13.3. The van der Waals surface area contributed by atoms with Crippen molar-refractivity contribution in [1.82, 2.24) is 9.88 Å². The second-order valence-electron chi connectivity index (χ2n) is 8.55. The first-order chi connectivity index (χ1) is 17.3. The number of amides is 1. The number of likely N-dealkylation sites (N-methyl/N-ethyl adjacent to an activating group) is 1. The van der Waals surface area contributed by atoms with Crippen LogP contribution in [0.4, 0.5) is 11.4 Å². The van der Waals surface area contributed by atoms with Crippen molar-refractivity contribution in [2.24, 2.45) is 0 Å². The molecule has 0 saturated heterocycles. The van der Waals surface area contributed by atoms with Crippen LogP contribution in [0.1, 0.15) is 20.9 Å². The van der Waals surface area contributed by atoms with Crippen LogP contribution in [0.2, 0.25) is 10.0 Å². The summed E-state index contributed by atoms with van der Waals surface area (Å²) in [6.07, 6.45) is 0.795. The molecule has 2 aromatic heterocycles. The smallest absolute Gasteiger partial charge is 0.267 e. The van der Waals surface area contributed by atoms with Gasteiger partial charge < -0.3 is 25.4 Å². The Labute approximate surface area is 222 Å². The Morgan fingerprint density at radius 1 is 1.17 bits per heavy atom. The number of pyridine rings is 1. The molecule has 1 aliphatic rings. The van der Waals surface area contributed by atoms with Crippen molar-refractivity contribution in [2.45, 2.75) is 13.0 Å². The number of hydrogen-bond donors (Lipinski definition) is 2. The van der Waals surface area contributed by atoms with Crippen LogP contribution in [-0.4, -0.2) is 43.6 Å². The van der Waals surface area contributed by atoms with Crippen LogP contribution in [0, 0.1) is 0 Å². The first-order valence-electron chi connectivity index (χ1n) is 11.2. The number of aromatic nitrogens is 1. The largest absolute Gasteiger partial charge is 0.493 e. The van der Waals surface area contributed by atoms with Gasteiger partial charge in [-0.25, -0.2) is 4.98 Å². The number of rotatable bonds is 5. The highest BCUT2D eigenvalue weighted by Crippen LogP contribution is 2.48. The lowest BCUT2D eigenvalue weighted by Gasteiger charge is -2.27. The van der Waals surface area contributed by atoms with Gasteiger partial charge in [-0.15, -0.1) is 11.3 Å². The number of thiophene rings is 1. The van der Waals surface area contributed by atoms with Gasteiger partial charge in [0, 0.05) is 47.4 Å². The maximum Gasteiger partial charge on any atom is 0.267 e. The van der Waals surface area contributed by atoms with E-state index in [2.05, 4.69) is 17.3 Å². The number of nitrogens with two attached hydrogens (primary N) is 1. The predicted molar refractivity (Wildman–Crippen MR) is 147 cm³/mol. The summed E-state index contributed by atoms with van der Waals surface area (Å²) in [5, 5.41) is 4.37. The lowest BCUT2D eigenvalue weighted by Crippen LogP contribution is -2.28. The third-order valence-corrected chi connectivity index (χ3v) is 8.11. The summed E-state index contributed by atoms with van der Waals surface area (Å²) >= 11 is 13.4. The third kappa shape index (κ3) is 4.24. The van der Waals surface area contributed by atoms with Crippen molar-refractivity contribution >= 4 is 62.0 Å². The zero-order chi connectivity index (χ0) is 25.6. The minimum atomic E-state index is -0.340. The number of benzene rings is 2. The number of halogens is 2. The number of ether oxygens (including phenoxy) is 2. The molecule has 2 aromatic carbocycles. The van der Waals surface area contributed by atoms with Gasteiger partial charge in [-0.3, -0.25) is 4.79 Å². The number of nitrogens with zero attached hydrogens (tertiary/aromatic N) is 2. The van der Waals surface area contributed by atoms with Crippen molar-refractivity contribution in [3.63, 3.8) is 0 Å². The number of nitrogen functional groups attached to an aromatic ring is 1. The minimum absolute atomic E-state index is 0.340. The molecule has 5 rings (SSSR count). The normalized spacial score (nSPS) is 13.5. The Morgan fingerprint density at radius 3 is 2.69 bits per heavy atom. The van der Waals surface area contributed by atoms with Crippen molar-refractivity contribution in [3.8, 4) is 22.6 Å². The van der Waals surface area contributed by atoms with E-state index in [0.717, 1.165) is 40.7 Å². The molecule has 36 heavy (non-hydrogen) atoms. The van der Waals surface area contributed by atoms with Gasteiger partial charge in [-0.2, -0.15) is 0 Å². The number of fused-ring (bicyclic) bond motifs is 2. The molecule has 1 aliphatic heterocycles. The fourth-order valence-corrected chi connectivity index (χ4v) is 5.89. The Balaban J connectivity index is 1.72. The van der Waals surface area contributed by atoms with Crippen LogP contribution in [0.25, 0.3) is 21.3 Å². The molecule has 0 fully saturated rings. The van der Waals surface area contributed by atoms with Gasteiger partial charge in [0.25, 0.3) is 5.91 Å². The van der Waals surface area contributed by atoms with Gasteiger partial charge in [0.1, 0.15) is 9.71 Å². The molecular weight excluding hydrogens is 519 g/mol. The monoisotopic (exact) mass is 542 g/mol. The van der Waals surface area contributed by atoms with Gasteiger partial charge >= 0.3 is 0 Å². The molecule has 0 unspecified atom stereocenters. The molecule has 10 heteroatoms. The molecule has 3 heterocycles. The molecule has 0 atom stereocenters. The molecule has 0 bridgehead atoms. The van der Waals surface area contributed by atoms with Gasteiger partial charge in [0.05, 0.1) is 30.0 Å². The lowest BCUT2D eigenvalue weighted by molar-refractivity contribution is 0.103. The van der Waals surface area contributed by atoms with Crippen molar-refractivity contribution in [1.29, 1.82) is 0 Å². The Bertz CT molecular complexity index is 1500. The molecule has 0 spiro atoms. The van der Waals surface area contributed by atoms with Crippen molar-refractivity contribution < 1.29 is 14.3 Å². The highest BCUT2D eigenvalue weighted by molar-refractivity contribution is 7.21. The molecule has 4 aromatic rings. The van der Waals surface area contributed by atoms with E-state index in [4.69, 9.17) is 43.4 Å². The first-order valence-corrected chi connectivity index (χ1v) is 12.8. The van der Waals surface area contributed by atoms with Crippen molar-refractivity contribution in [2.75, 3.05) is 38.9 Å². The van der Waals surface area contributed by atoms with E-state index in [1.54, 1.807) is 32.4 Å². The van der Waals surface area contributed by atoms with Crippen molar-refractivity contribution in [3.05, 3.63) is 62.6 Å². The molecule has 0 saturated carbocycles. The number of anilines is 2. The number of para-hydroxylation sites is 1. The second-order valence-corrected chi connectivity index (χ2v) is 10.4. The summed E-state index contributed by atoms with van der Waals surface area (Å²) in [4.78, 5) is 21.6. The number of hydrogen-bond acceptors (Lipinski definition) is 7. The molecule has 0 aliphatic carbocycles. The summed E-state index contributed by atoms with van der Waals surface area (Å²) in [7, 11) is 5.30. The molecule has 7 nitrogen and oxygen atoms in total. The average molecular weight is 543 g/mol. The summed E-state index contributed by atoms with van der Waals surface area (Å²) in [5.74, 6) is 0.882. The fraction of sp³-hybridized carbons (Fsp3) is 0.231. The Morgan fingerprint density at radius 2 is 1.97 bits per heavy atom. The van der Waals surface area contributed by atoms with Crippen LogP contribution < -0.4 is 20.5 Å². The fourth-order valence-electron chi connectivity index (χ4n) is 4.57. The summed E-state index contributed by atoms with van der Waals surface area (Å²) < 4.78 is 11.4. The number of methoxy groups -OCH3 is 2. The second kappa shape index (κ2) is 9.78. The quantitative estimate of drug-likeness (QED) is 0.316. The Kier molecular flexibility index (Phi) is 6.70. The molecular formula is C26H24Cl2N4O3S. The van der Waals surface area contributed by atoms with E-state index < -0.39 is 0 Å². The van der Waals surface area contributed by atoms with E-state index in [-0.39, 0.29) is 5.91 Å². The zero-order valence-corrected chi connectivity index (χ0v) is 22.3. The molecule has 1 amide bonds. The minimum Gasteiger partial charge on any atom is -0.493 e. The van der Waals surface area contributed by atoms with Crippen LogP contribution in [0.3, 0.4) is 0 Å². The van der Waals surface area contributed by atoms with Gasteiger partial charge in [-0.1, -0.05) is 35.3 Å². The van der Waals surface area contributed by atoms with E-state index in [1.165, 1.54) is 11.3 Å². The highest BCUT2D eigenvalue weighted by atomic mass is 35.5. The number of carbonyl (C=O) groups excluding carboxylic acids is 1. The van der Waals surface area contributed by atoms with E-state index in [0.29, 0.717) is 49.2 Å². The summed E-state index contributed by atoms with van der Waals surface area (Å²) in [6, 6.07) is 10.7. The zero-order valence-electron chi connectivity index (χ0n) is 19.9. The molecule has 186 valence electrons. The van der Waals surface area contributed by atoms with Crippen LogP contribution in [0.5, 0.6) is 11.5 Å². The standard InChI is InChI=1S/C26H24Cl2N4O3S/c1-32-10-9-18-15(12-32)20(14-5-4-6-19(34-2)23(14)35-3)21-22(29)24(36-26(21)31-18)25(33)30-13-7-8-16(27)17(28)11-13/h4-8,11H,9-10,12,29H2,1-3H3,(H,30,33). The van der Waals surface area contributed by atoms with Gasteiger partial charge in [-0.05, 0) is 36.9 Å². The van der Waals surface area contributed by atoms with E-state index >= 15 is 0 Å². The van der Waals surface area contributed by atoms with E-state index in [1.807, 2.05) is 18.2 Å². The van der Waals surface area contributed by atoms with Gasteiger partial charge in [0.2, 0.25) is 0 Å². The SMILES string of the molecule is COc1cccc(-c2c3c(nc4sc(C(=O)Nc5ccc(Cl)c(Cl)c5)c(N)c24)CCN(C)C3)c1OC. The topological polar surface area (TPSA) is 89.7 Å². The van der Waals surface area contributed by atoms with Crippen LogP contribution in [0.15, 0.2) is 36.4 Å². The van der Waals surface area contributed by atoms with Crippen LogP contribution >= 0.6 is 34.5 Å². The average Bonchev–Trinajstić information content (AvgIpc) is 3.20. The van der Waals surface area contributed by atoms with E-state index in [9.17, 15) is 4.79 Å². The number of carbonyl (C=O) groups is 1. The first kappa shape index (κ1) is 24.6. The molecule has 0 radical (unpaired) electrons. The third-order valence-electron chi connectivity index (χ3n) is 6.28. The van der Waals surface area contributed by atoms with Gasteiger partial charge in [0.15, 0.2) is 11.5 Å². The lowest BCUT2D eigenvalue weighted by atomic mass is 9.91. The summed E-state index contributed by atoms with van der Waals surface area (Å²) in [6.45, 7) is 1.60. The van der Waals surface area contributed by atoms with Crippen LogP contribution in [-0.2, 0) is 13.0 Å². The predicted octanol–water partition coefficient (Wildman–Crippen LogP) is 6.11. The Hall–Kier alpha value is -3.04. The summed E-state index contributed by atoms with van der Waals surface area (Å²) in [5.41, 5.74) is 11.4.